The standard InChI is InChI=1S/C17H21ClF2N4O2S2/c1-24(2)15-7-10(19)3-4-13(15)22-14-9-12(20)16(8-11(14)18)28(25,26)23-17-21-5-6-27-17/h5-6,8-10,13,15,22H,3-4,7H2,1-2H3,(H,21,23)/t10-,13+,15+/m1/s1. The van der Waals surface area contributed by atoms with Gasteiger partial charge < -0.3 is 10.2 Å². The zero-order valence-corrected chi connectivity index (χ0v) is 17.7. The monoisotopic (exact) mass is 450 g/mol. The molecule has 0 bridgehead atoms. The van der Waals surface area contributed by atoms with Crippen molar-refractivity contribution in [2.45, 2.75) is 42.4 Å². The van der Waals surface area contributed by atoms with Gasteiger partial charge in [0.05, 0.1) is 10.7 Å². The molecule has 2 N–H and O–H groups in total. The van der Waals surface area contributed by atoms with Crippen LogP contribution < -0.4 is 10.0 Å². The molecule has 0 unspecified atom stereocenters. The lowest BCUT2D eigenvalue weighted by Gasteiger charge is -2.38. The van der Waals surface area contributed by atoms with E-state index in [0.717, 1.165) is 23.5 Å². The van der Waals surface area contributed by atoms with Crippen molar-refractivity contribution in [2.24, 2.45) is 0 Å². The van der Waals surface area contributed by atoms with Gasteiger partial charge >= 0.3 is 0 Å². The second-order valence-electron chi connectivity index (χ2n) is 6.90. The summed E-state index contributed by atoms with van der Waals surface area (Å²) in [5.74, 6) is -0.934. The van der Waals surface area contributed by atoms with Gasteiger partial charge in [0, 0.05) is 23.7 Å². The fourth-order valence-electron chi connectivity index (χ4n) is 3.32. The van der Waals surface area contributed by atoms with Gasteiger partial charge in [-0.1, -0.05) is 11.6 Å². The van der Waals surface area contributed by atoms with Crippen molar-refractivity contribution in [2.75, 3.05) is 24.1 Å². The molecule has 2 aromatic rings. The molecule has 1 saturated carbocycles. The number of sulfonamides is 1. The molecule has 0 saturated heterocycles. The number of nitrogens with zero attached hydrogens (tertiary/aromatic N) is 2. The molecule has 154 valence electrons. The summed E-state index contributed by atoms with van der Waals surface area (Å²) < 4.78 is 55.5. The largest absolute Gasteiger partial charge is 0.379 e. The molecule has 0 amide bonds. The predicted octanol–water partition coefficient (Wildman–Crippen LogP) is 3.97. The van der Waals surface area contributed by atoms with E-state index in [1.807, 2.05) is 19.0 Å². The van der Waals surface area contributed by atoms with Gasteiger partial charge in [0.25, 0.3) is 10.0 Å². The summed E-state index contributed by atoms with van der Waals surface area (Å²) in [4.78, 5) is 5.19. The first kappa shape index (κ1) is 21.2. The first-order chi connectivity index (χ1) is 13.2. The molecule has 1 aliphatic carbocycles. The number of aromatic nitrogens is 1. The topological polar surface area (TPSA) is 74.3 Å². The van der Waals surface area contributed by atoms with Crippen molar-refractivity contribution in [1.29, 1.82) is 0 Å². The van der Waals surface area contributed by atoms with E-state index in [1.54, 1.807) is 5.38 Å². The second-order valence-corrected chi connectivity index (χ2v) is 9.85. The number of nitrogens with one attached hydrogen (secondary N) is 2. The van der Waals surface area contributed by atoms with Crippen molar-refractivity contribution in [1.82, 2.24) is 9.88 Å². The fraction of sp³-hybridized carbons (Fsp3) is 0.471. The van der Waals surface area contributed by atoms with E-state index in [1.165, 1.54) is 6.20 Å². The van der Waals surface area contributed by atoms with Crippen LogP contribution in [0.5, 0.6) is 0 Å². The van der Waals surface area contributed by atoms with Gasteiger partial charge in [0.1, 0.15) is 16.9 Å². The minimum atomic E-state index is -4.16. The van der Waals surface area contributed by atoms with Gasteiger partial charge in [0.15, 0.2) is 5.13 Å². The highest BCUT2D eigenvalue weighted by molar-refractivity contribution is 7.93. The van der Waals surface area contributed by atoms with Crippen LogP contribution in [0, 0.1) is 5.82 Å². The van der Waals surface area contributed by atoms with Crippen molar-refractivity contribution in [3.63, 3.8) is 0 Å². The third-order valence-corrected chi connectivity index (χ3v) is 7.21. The Morgan fingerprint density at radius 2 is 2.07 bits per heavy atom. The van der Waals surface area contributed by atoms with Crippen LogP contribution in [0.15, 0.2) is 28.6 Å². The van der Waals surface area contributed by atoms with E-state index in [9.17, 15) is 17.2 Å². The Bertz CT molecular complexity index is 925. The normalized spacial score (nSPS) is 23.0. The minimum absolute atomic E-state index is 0.0702. The second kappa shape index (κ2) is 8.48. The number of benzene rings is 1. The van der Waals surface area contributed by atoms with E-state index in [-0.39, 0.29) is 27.9 Å². The summed E-state index contributed by atoms with van der Waals surface area (Å²) in [5.41, 5.74) is 0.279. The molecule has 1 aromatic heterocycles. The zero-order chi connectivity index (χ0) is 20.5. The Balaban J connectivity index is 1.84. The summed E-state index contributed by atoms with van der Waals surface area (Å²) in [6.45, 7) is 0. The quantitative estimate of drug-likeness (QED) is 0.696. The molecule has 6 nitrogen and oxygen atoms in total. The van der Waals surface area contributed by atoms with Crippen LogP contribution in [-0.4, -0.2) is 50.7 Å². The van der Waals surface area contributed by atoms with Crippen LogP contribution in [0.4, 0.5) is 19.6 Å². The maximum absolute atomic E-state index is 14.6. The number of anilines is 2. The number of rotatable bonds is 6. The summed E-state index contributed by atoms with van der Waals surface area (Å²) >= 11 is 7.32. The van der Waals surface area contributed by atoms with Crippen LogP contribution >= 0.6 is 22.9 Å². The van der Waals surface area contributed by atoms with Gasteiger partial charge in [-0.3, -0.25) is 4.72 Å². The Morgan fingerprint density at radius 1 is 1.32 bits per heavy atom. The third-order valence-electron chi connectivity index (χ3n) is 4.72. The summed E-state index contributed by atoms with van der Waals surface area (Å²) in [7, 11) is -0.444. The lowest BCUT2D eigenvalue weighted by molar-refractivity contribution is 0.139. The van der Waals surface area contributed by atoms with Crippen LogP contribution in [0.1, 0.15) is 19.3 Å². The van der Waals surface area contributed by atoms with Crippen LogP contribution in [-0.2, 0) is 10.0 Å². The zero-order valence-electron chi connectivity index (χ0n) is 15.3. The minimum Gasteiger partial charge on any atom is -0.379 e. The number of halogens is 3. The highest BCUT2D eigenvalue weighted by Gasteiger charge is 2.32. The first-order valence-electron chi connectivity index (χ1n) is 8.66. The van der Waals surface area contributed by atoms with E-state index in [2.05, 4.69) is 15.0 Å². The maximum atomic E-state index is 14.6. The van der Waals surface area contributed by atoms with Gasteiger partial charge in [-0.2, -0.15) is 0 Å². The molecule has 1 aliphatic rings. The molecule has 28 heavy (non-hydrogen) atoms. The molecule has 0 radical (unpaired) electrons. The Kier molecular flexibility index (Phi) is 6.43. The van der Waals surface area contributed by atoms with Crippen molar-refractivity contribution >= 4 is 43.8 Å². The van der Waals surface area contributed by atoms with Crippen molar-refractivity contribution in [3.8, 4) is 0 Å². The number of alkyl halides is 1. The highest BCUT2D eigenvalue weighted by atomic mass is 35.5. The first-order valence-corrected chi connectivity index (χ1v) is 11.4. The Hall–Kier alpha value is -1.49. The summed E-state index contributed by atoms with van der Waals surface area (Å²) in [6, 6.07) is 1.92. The average Bonchev–Trinajstić information content (AvgIpc) is 3.11. The van der Waals surface area contributed by atoms with E-state index in [4.69, 9.17) is 11.6 Å². The molecule has 0 spiro atoms. The molecular formula is C17H21ClF2N4O2S2. The smallest absolute Gasteiger partial charge is 0.266 e. The maximum Gasteiger partial charge on any atom is 0.266 e. The molecule has 1 heterocycles. The van der Waals surface area contributed by atoms with Crippen molar-refractivity contribution in [3.05, 3.63) is 34.5 Å². The lowest BCUT2D eigenvalue weighted by Crippen LogP contribution is -2.48. The molecule has 1 fully saturated rings. The number of thiazole rings is 1. The van der Waals surface area contributed by atoms with Gasteiger partial charge in [0.2, 0.25) is 0 Å². The Labute approximate surface area is 172 Å². The molecule has 3 rings (SSSR count). The van der Waals surface area contributed by atoms with Gasteiger partial charge in [-0.05, 0) is 45.5 Å². The summed E-state index contributed by atoms with van der Waals surface area (Å²) in [6.07, 6.45) is 1.91. The van der Waals surface area contributed by atoms with E-state index >= 15 is 0 Å². The molecule has 1 aromatic carbocycles. The van der Waals surface area contributed by atoms with E-state index < -0.39 is 26.9 Å². The molecular weight excluding hydrogens is 430 g/mol. The third kappa shape index (κ3) is 4.73. The SMILES string of the molecule is CN(C)[C@H]1C[C@H](F)CC[C@@H]1Nc1cc(F)c(S(=O)(=O)Nc2nccs2)cc1Cl. The van der Waals surface area contributed by atoms with E-state index in [0.29, 0.717) is 19.3 Å². The average molecular weight is 451 g/mol. The van der Waals surface area contributed by atoms with Crippen LogP contribution in [0.3, 0.4) is 0 Å². The van der Waals surface area contributed by atoms with Crippen LogP contribution in [0.2, 0.25) is 5.02 Å². The number of likely N-dealkylation sites (N-methyl/N-ethyl adjacent to an activating group) is 1. The van der Waals surface area contributed by atoms with Gasteiger partial charge in [-0.25, -0.2) is 22.2 Å². The van der Waals surface area contributed by atoms with Crippen LogP contribution in [0.25, 0.3) is 0 Å². The highest BCUT2D eigenvalue weighted by Crippen LogP contribution is 2.33. The molecule has 3 atom stereocenters. The summed E-state index contributed by atoms with van der Waals surface area (Å²) in [5, 5.41) is 4.96. The van der Waals surface area contributed by atoms with Gasteiger partial charge in [-0.15, -0.1) is 11.3 Å². The number of hydrogen-bond acceptors (Lipinski definition) is 6. The predicted molar refractivity (Wildman–Crippen MR) is 108 cm³/mol. The van der Waals surface area contributed by atoms with Crippen molar-refractivity contribution < 1.29 is 17.2 Å². The molecule has 0 aliphatic heterocycles. The number of hydrogen-bond donors (Lipinski definition) is 2. The lowest BCUT2D eigenvalue weighted by atomic mass is 9.88. The fourth-order valence-corrected chi connectivity index (χ4v) is 5.48. The molecule has 11 heteroatoms. The Morgan fingerprint density at radius 3 is 2.71 bits per heavy atom.